The van der Waals surface area contributed by atoms with Crippen molar-refractivity contribution in [3.05, 3.63) is 36.0 Å². The summed E-state index contributed by atoms with van der Waals surface area (Å²) in [6, 6.07) is 4.07. The molecule has 0 radical (unpaired) electrons. The minimum absolute atomic E-state index is 0.245. The van der Waals surface area contributed by atoms with Crippen LogP contribution in [-0.4, -0.2) is 21.7 Å². The quantitative estimate of drug-likeness (QED) is 0.790. The van der Waals surface area contributed by atoms with Gasteiger partial charge < -0.3 is 9.42 Å². The lowest BCUT2D eigenvalue weighted by Crippen LogP contribution is -2.24. The van der Waals surface area contributed by atoms with E-state index in [-0.39, 0.29) is 6.04 Å². The molecule has 1 aliphatic rings. The molecule has 0 saturated carbocycles. The molecule has 17 heavy (non-hydrogen) atoms. The Morgan fingerprint density at radius 3 is 2.88 bits per heavy atom. The van der Waals surface area contributed by atoms with E-state index < -0.39 is 0 Å². The highest BCUT2D eigenvalue weighted by Gasteiger charge is 2.30. The second-order valence-electron chi connectivity index (χ2n) is 4.26. The van der Waals surface area contributed by atoms with Crippen LogP contribution in [-0.2, 0) is 0 Å². The summed E-state index contributed by atoms with van der Waals surface area (Å²) in [5, 5.41) is 4.10. The molecule has 1 atom stereocenters. The number of anilines is 1. The molecular formula is C12H14N4O. The summed E-state index contributed by atoms with van der Waals surface area (Å²) in [6.45, 7) is 2.88. The van der Waals surface area contributed by atoms with Crippen LogP contribution >= 0.6 is 0 Å². The second-order valence-corrected chi connectivity index (χ2v) is 4.26. The molecule has 2 aromatic heterocycles. The van der Waals surface area contributed by atoms with Gasteiger partial charge in [0.2, 0.25) is 5.95 Å². The molecule has 0 unspecified atom stereocenters. The van der Waals surface area contributed by atoms with Crippen molar-refractivity contribution in [1.29, 1.82) is 0 Å². The monoisotopic (exact) mass is 230 g/mol. The topological polar surface area (TPSA) is 55.1 Å². The molecule has 0 spiro atoms. The molecule has 0 aliphatic carbocycles. The van der Waals surface area contributed by atoms with Gasteiger partial charge in [-0.2, -0.15) is 0 Å². The van der Waals surface area contributed by atoms with Crippen molar-refractivity contribution in [2.45, 2.75) is 25.8 Å². The number of aryl methyl sites for hydroxylation is 1. The highest BCUT2D eigenvalue weighted by molar-refractivity contribution is 5.35. The third-order valence-electron chi connectivity index (χ3n) is 3.05. The van der Waals surface area contributed by atoms with Gasteiger partial charge in [0.25, 0.3) is 0 Å². The molecule has 2 aromatic rings. The molecule has 88 valence electrons. The van der Waals surface area contributed by atoms with E-state index in [2.05, 4.69) is 20.0 Å². The van der Waals surface area contributed by atoms with Crippen LogP contribution in [0.5, 0.6) is 0 Å². The Morgan fingerprint density at radius 2 is 2.18 bits per heavy atom. The van der Waals surface area contributed by atoms with Crippen LogP contribution in [0.15, 0.2) is 29.0 Å². The highest BCUT2D eigenvalue weighted by Crippen LogP contribution is 2.33. The molecule has 0 amide bonds. The minimum atomic E-state index is 0.245. The lowest BCUT2D eigenvalue weighted by Gasteiger charge is -2.22. The Balaban J connectivity index is 1.90. The highest BCUT2D eigenvalue weighted by atomic mass is 16.5. The van der Waals surface area contributed by atoms with E-state index in [9.17, 15) is 0 Å². The lowest BCUT2D eigenvalue weighted by molar-refractivity contribution is 0.385. The summed E-state index contributed by atoms with van der Waals surface area (Å²) in [4.78, 5) is 10.8. The average Bonchev–Trinajstić information content (AvgIpc) is 2.98. The number of nitrogens with zero attached hydrogens (tertiary/aromatic N) is 4. The van der Waals surface area contributed by atoms with E-state index in [1.165, 1.54) is 0 Å². The van der Waals surface area contributed by atoms with Crippen LogP contribution in [0.3, 0.4) is 0 Å². The van der Waals surface area contributed by atoms with Crippen LogP contribution in [0.2, 0.25) is 0 Å². The van der Waals surface area contributed by atoms with Gasteiger partial charge in [0, 0.05) is 25.0 Å². The van der Waals surface area contributed by atoms with Crippen molar-refractivity contribution in [2.24, 2.45) is 0 Å². The van der Waals surface area contributed by atoms with Gasteiger partial charge in [0.15, 0.2) is 0 Å². The van der Waals surface area contributed by atoms with E-state index in [4.69, 9.17) is 4.52 Å². The number of hydrogen-bond acceptors (Lipinski definition) is 5. The number of hydrogen-bond donors (Lipinski definition) is 0. The first-order chi connectivity index (χ1) is 8.34. The summed E-state index contributed by atoms with van der Waals surface area (Å²) in [7, 11) is 0. The Bertz CT molecular complexity index is 496. The van der Waals surface area contributed by atoms with E-state index in [0.717, 1.165) is 36.8 Å². The zero-order valence-electron chi connectivity index (χ0n) is 9.71. The van der Waals surface area contributed by atoms with Gasteiger partial charge in [-0.25, -0.2) is 9.97 Å². The molecule has 0 N–H and O–H groups in total. The molecule has 5 heteroatoms. The van der Waals surface area contributed by atoms with Crippen LogP contribution in [0.25, 0.3) is 0 Å². The molecule has 1 fully saturated rings. The number of aromatic nitrogens is 3. The maximum absolute atomic E-state index is 5.14. The first kappa shape index (κ1) is 10.3. The standard InChI is InChI=1S/C12H14N4O/c1-9-8-10(15-17-9)11-4-2-7-16(11)12-13-5-3-6-14-12/h3,5-6,8,11H,2,4,7H2,1H3/t11-/m1/s1. The van der Waals surface area contributed by atoms with Gasteiger partial charge >= 0.3 is 0 Å². The molecule has 5 nitrogen and oxygen atoms in total. The minimum Gasteiger partial charge on any atom is -0.361 e. The molecule has 0 aromatic carbocycles. The molecule has 1 aliphatic heterocycles. The van der Waals surface area contributed by atoms with E-state index in [0.29, 0.717) is 0 Å². The van der Waals surface area contributed by atoms with Gasteiger partial charge in [-0.15, -0.1) is 0 Å². The summed E-state index contributed by atoms with van der Waals surface area (Å²) < 4.78 is 5.14. The zero-order chi connectivity index (χ0) is 11.7. The predicted molar refractivity (Wildman–Crippen MR) is 62.6 cm³/mol. The van der Waals surface area contributed by atoms with Crippen LogP contribution < -0.4 is 4.90 Å². The summed E-state index contributed by atoms with van der Waals surface area (Å²) in [5.74, 6) is 1.62. The van der Waals surface area contributed by atoms with Crippen molar-refractivity contribution < 1.29 is 4.52 Å². The van der Waals surface area contributed by atoms with Gasteiger partial charge in [-0.1, -0.05) is 5.16 Å². The van der Waals surface area contributed by atoms with Crippen LogP contribution in [0.4, 0.5) is 5.95 Å². The van der Waals surface area contributed by atoms with E-state index in [1.807, 2.05) is 19.1 Å². The first-order valence-electron chi connectivity index (χ1n) is 5.81. The SMILES string of the molecule is Cc1cc([C@H]2CCCN2c2ncccn2)no1. The van der Waals surface area contributed by atoms with Gasteiger partial charge in [-0.3, -0.25) is 0 Å². The van der Waals surface area contributed by atoms with Crippen molar-refractivity contribution in [1.82, 2.24) is 15.1 Å². The molecule has 0 bridgehead atoms. The molecule has 1 saturated heterocycles. The largest absolute Gasteiger partial charge is 0.361 e. The first-order valence-corrected chi connectivity index (χ1v) is 5.81. The fourth-order valence-corrected chi connectivity index (χ4v) is 2.30. The van der Waals surface area contributed by atoms with Gasteiger partial charge in [-0.05, 0) is 25.8 Å². The maximum Gasteiger partial charge on any atom is 0.225 e. The van der Waals surface area contributed by atoms with Crippen LogP contribution in [0.1, 0.15) is 30.3 Å². The second kappa shape index (κ2) is 4.16. The normalized spacial score (nSPS) is 19.8. The molecular weight excluding hydrogens is 216 g/mol. The summed E-state index contributed by atoms with van der Waals surface area (Å²) in [5.41, 5.74) is 0.979. The third-order valence-corrected chi connectivity index (χ3v) is 3.05. The van der Waals surface area contributed by atoms with Crippen molar-refractivity contribution >= 4 is 5.95 Å². The average molecular weight is 230 g/mol. The molecule has 3 rings (SSSR count). The fourth-order valence-electron chi connectivity index (χ4n) is 2.30. The summed E-state index contributed by atoms with van der Waals surface area (Å²) in [6.07, 6.45) is 5.75. The van der Waals surface area contributed by atoms with E-state index >= 15 is 0 Å². The predicted octanol–water partition coefficient (Wildman–Crippen LogP) is 2.11. The van der Waals surface area contributed by atoms with Crippen molar-refractivity contribution in [2.75, 3.05) is 11.4 Å². The van der Waals surface area contributed by atoms with E-state index in [1.54, 1.807) is 12.4 Å². The van der Waals surface area contributed by atoms with Crippen LogP contribution in [0, 0.1) is 6.92 Å². The smallest absolute Gasteiger partial charge is 0.225 e. The van der Waals surface area contributed by atoms with Crippen molar-refractivity contribution in [3.63, 3.8) is 0 Å². The zero-order valence-corrected chi connectivity index (χ0v) is 9.71. The Morgan fingerprint density at radius 1 is 1.35 bits per heavy atom. The summed E-state index contributed by atoms with van der Waals surface area (Å²) >= 11 is 0. The van der Waals surface area contributed by atoms with Crippen molar-refractivity contribution in [3.8, 4) is 0 Å². The maximum atomic E-state index is 5.14. The Hall–Kier alpha value is -1.91. The lowest BCUT2D eigenvalue weighted by atomic mass is 10.1. The Labute approximate surface area is 99.5 Å². The van der Waals surface area contributed by atoms with Gasteiger partial charge in [0.05, 0.1) is 6.04 Å². The molecule has 3 heterocycles. The van der Waals surface area contributed by atoms with Gasteiger partial charge in [0.1, 0.15) is 11.5 Å². The number of rotatable bonds is 2. The Kier molecular flexibility index (Phi) is 2.51. The fraction of sp³-hybridized carbons (Fsp3) is 0.417. The third kappa shape index (κ3) is 1.88.